The number of para-hydroxylation sites is 1. The average molecular weight is 354 g/mol. The summed E-state index contributed by atoms with van der Waals surface area (Å²) in [5.41, 5.74) is 0.434. The lowest BCUT2D eigenvalue weighted by Gasteiger charge is -2.42. The average Bonchev–Trinajstić information content (AvgIpc) is 2.69. The van der Waals surface area contributed by atoms with E-state index in [1.807, 2.05) is 42.5 Å². The number of Topliss-reactive ketones (excluding diaryl/α,β-unsaturated/α-hetero) is 1. The van der Waals surface area contributed by atoms with Gasteiger partial charge in [0.2, 0.25) is 0 Å². The molecule has 1 aliphatic rings. The first kappa shape index (κ1) is 18.4. The highest BCUT2D eigenvalue weighted by Crippen LogP contribution is 2.35. The Morgan fingerprint density at radius 3 is 2.73 bits per heavy atom. The summed E-state index contributed by atoms with van der Waals surface area (Å²) < 4.78 is 5.84. The second kappa shape index (κ2) is 8.32. The molecule has 0 saturated carbocycles. The number of benzene rings is 1. The zero-order valence-electron chi connectivity index (χ0n) is 15.2. The summed E-state index contributed by atoms with van der Waals surface area (Å²) in [5.74, 6) is 1.73. The molecule has 138 valence electrons. The number of aliphatic hydroxyl groups is 1. The molecule has 5 nitrogen and oxygen atoms in total. The number of rotatable bonds is 7. The molecule has 1 saturated heterocycles. The second-order valence-corrected chi connectivity index (χ2v) is 7.06. The Hall–Kier alpha value is -2.40. The summed E-state index contributed by atoms with van der Waals surface area (Å²) in [6.07, 6.45) is 4.40. The third-order valence-corrected chi connectivity index (χ3v) is 5.12. The van der Waals surface area contributed by atoms with E-state index >= 15 is 0 Å². The van der Waals surface area contributed by atoms with Gasteiger partial charge in [0.15, 0.2) is 5.78 Å². The summed E-state index contributed by atoms with van der Waals surface area (Å²) in [7, 11) is 0. The van der Waals surface area contributed by atoms with E-state index < -0.39 is 0 Å². The molecule has 0 bridgehead atoms. The van der Waals surface area contributed by atoms with Crippen molar-refractivity contribution in [3.05, 3.63) is 54.2 Å². The maximum atomic E-state index is 11.4. The number of aliphatic hydroxyl groups excluding tert-OH is 1. The summed E-state index contributed by atoms with van der Waals surface area (Å²) in [6.45, 7) is 3.91. The van der Waals surface area contributed by atoms with E-state index in [-0.39, 0.29) is 17.8 Å². The summed E-state index contributed by atoms with van der Waals surface area (Å²) in [4.78, 5) is 18.1. The number of pyridine rings is 1. The molecule has 0 radical (unpaired) electrons. The van der Waals surface area contributed by atoms with E-state index in [4.69, 9.17) is 4.74 Å². The van der Waals surface area contributed by atoms with Gasteiger partial charge in [0, 0.05) is 30.3 Å². The standard InChI is InChI=1S/C21H26N2O3/c1-17(25)18-8-9-20(22-14-18)23-12-5-10-21(15-23,16-24)11-13-26-19-6-3-2-4-7-19/h2-4,6-9,14,24H,5,10-13,15-16H2,1H3/t21-/m0/s1. The third kappa shape index (κ3) is 4.41. The highest BCUT2D eigenvalue weighted by molar-refractivity contribution is 5.93. The summed E-state index contributed by atoms with van der Waals surface area (Å²) >= 11 is 0. The van der Waals surface area contributed by atoms with E-state index in [1.54, 1.807) is 13.1 Å². The first-order valence-corrected chi connectivity index (χ1v) is 9.13. The molecule has 26 heavy (non-hydrogen) atoms. The van der Waals surface area contributed by atoms with E-state index in [0.717, 1.165) is 43.9 Å². The van der Waals surface area contributed by atoms with Crippen LogP contribution in [-0.4, -0.2) is 42.2 Å². The number of piperidine rings is 1. The molecule has 0 aliphatic carbocycles. The Bertz CT molecular complexity index is 718. The van der Waals surface area contributed by atoms with Crippen LogP contribution in [-0.2, 0) is 0 Å². The number of ketones is 1. The molecular formula is C21H26N2O3. The maximum absolute atomic E-state index is 11.4. The highest BCUT2D eigenvalue weighted by atomic mass is 16.5. The number of ether oxygens (including phenoxy) is 1. The lowest BCUT2D eigenvalue weighted by molar-refractivity contribution is 0.0792. The first-order valence-electron chi connectivity index (χ1n) is 9.13. The fraction of sp³-hybridized carbons (Fsp3) is 0.429. The molecule has 5 heteroatoms. The molecule has 0 unspecified atom stereocenters. The number of anilines is 1. The van der Waals surface area contributed by atoms with Crippen molar-refractivity contribution in [2.45, 2.75) is 26.2 Å². The third-order valence-electron chi connectivity index (χ3n) is 5.12. The summed E-state index contributed by atoms with van der Waals surface area (Å²) in [5, 5.41) is 10.1. The number of nitrogens with zero attached hydrogens (tertiary/aromatic N) is 2. The van der Waals surface area contributed by atoms with Crippen LogP contribution in [0.1, 0.15) is 36.5 Å². The predicted molar refractivity (Wildman–Crippen MR) is 102 cm³/mol. The minimum atomic E-state index is -0.187. The Balaban J connectivity index is 1.63. The van der Waals surface area contributed by atoms with Crippen LogP contribution >= 0.6 is 0 Å². The molecule has 2 heterocycles. The Kier molecular flexibility index (Phi) is 5.89. The molecule has 0 amide bonds. The molecule has 2 aromatic rings. The van der Waals surface area contributed by atoms with Crippen LogP contribution in [0.3, 0.4) is 0 Å². The number of aromatic nitrogens is 1. The largest absolute Gasteiger partial charge is 0.494 e. The Morgan fingerprint density at radius 1 is 1.27 bits per heavy atom. The van der Waals surface area contributed by atoms with Crippen LogP contribution in [0, 0.1) is 5.41 Å². The molecule has 0 spiro atoms. The van der Waals surface area contributed by atoms with Gasteiger partial charge in [-0.25, -0.2) is 4.98 Å². The van der Waals surface area contributed by atoms with Crippen molar-refractivity contribution in [1.29, 1.82) is 0 Å². The fourth-order valence-corrected chi connectivity index (χ4v) is 3.50. The van der Waals surface area contributed by atoms with Crippen LogP contribution in [0.2, 0.25) is 0 Å². The van der Waals surface area contributed by atoms with E-state index in [1.165, 1.54) is 0 Å². The van der Waals surface area contributed by atoms with Gasteiger partial charge in [0.05, 0.1) is 13.2 Å². The number of carbonyl (C=O) groups excluding carboxylic acids is 1. The van der Waals surface area contributed by atoms with Crippen LogP contribution < -0.4 is 9.64 Å². The Labute approximate surface area is 154 Å². The smallest absolute Gasteiger partial charge is 0.161 e. The van der Waals surface area contributed by atoms with Crippen molar-refractivity contribution in [3.8, 4) is 5.75 Å². The van der Waals surface area contributed by atoms with Gasteiger partial charge in [-0.3, -0.25) is 4.79 Å². The van der Waals surface area contributed by atoms with Gasteiger partial charge in [-0.05, 0) is 50.5 Å². The van der Waals surface area contributed by atoms with Crippen molar-refractivity contribution in [2.24, 2.45) is 5.41 Å². The molecule has 1 aromatic heterocycles. The van der Waals surface area contributed by atoms with E-state index in [2.05, 4.69) is 9.88 Å². The SMILES string of the molecule is CC(=O)c1ccc(N2CCC[C@](CO)(CCOc3ccccc3)C2)nc1. The van der Waals surface area contributed by atoms with Gasteiger partial charge in [0.25, 0.3) is 0 Å². The van der Waals surface area contributed by atoms with Gasteiger partial charge >= 0.3 is 0 Å². The number of carbonyl (C=O) groups is 1. The zero-order valence-corrected chi connectivity index (χ0v) is 15.2. The lowest BCUT2D eigenvalue weighted by Crippen LogP contribution is -2.46. The van der Waals surface area contributed by atoms with Crippen LogP contribution in [0.15, 0.2) is 48.7 Å². The van der Waals surface area contributed by atoms with Crippen LogP contribution in [0.4, 0.5) is 5.82 Å². The van der Waals surface area contributed by atoms with Crippen molar-refractivity contribution in [1.82, 2.24) is 4.98 Å². The minimum Gasteiger partial charge on any atom is -0.494 e. The van der Waals surface area contributed by atoms with Gasteiger partial charge in [-0.2, -0.15) is 0 Å². The van der Waals surface area contributed by atoms with Crippen LogP contribution in [0.25, 0.3) is 0 Å². The number of hydrogen-bond acceptors (Lipinski definition) is 5. The number of hydrogen-bond donors (Lipinski definition) is 1. The molecule has 1 N–H and O–H groups in total. The lowest BCUT2D eigenvalue weighted by atomic mass is 9.78. The first-order chi connectivity index (χ1) is 12.6. The van der Waals surface area contributed by atoms with Crippen molar-refractivity contribution in [3.63, 3.8) is 0 Å². The fourth-order valence-electron chi connectivity index (χ4n) is 3.50. The molecule has 1 aromatic carbocycles. The van der Waals surface area contributed by atoms with E-state index in [0.29, 0.717) is 12.2 Å². The molecular weight excluding hydrogens is 328 g/mol. The van der Waals surface area contributed by atoms with Crippen molar-refractivity contribution < 1.29 is 14.6 Å². The molecule has 1 atom stereocenters. The van der Waals surface area contributed by atoms with Crippen LogP contribution in [0.5, 0.6) is 5.75 Å². The molecule has 3 rings (SSSR count). The quantitative estimate of drug-likeness (QED) is 0.773. The molecule has 1 aliphatic heterocycles. The maximum Gasteiger partial charge on any atom is 0.161 e. The summed E-state index contributed by atoms with van der Waals surface area (Å²) in [6, 6.07) is 13.5. The second-order valence-electron chi connectivity index (χ2n) is 7.06. The zero-order chi connectivity index (χ0) is 18.4. The van der Waals surface area contributed by atoms with Gasteiger partial charge in [-0.1, -0.05) is 18.2 Å². The normalized spacial score (nSPS) is 20.0. The predicted octanol–water partition coefficient (Wildman–Crippen LogP) is 3.33. The van der Waals surface area contributed by atoms with Gasteiger partial charge < -0.3 is 14.7 Å². The van der Waals surface area contributed by atoms with Crippen molar-refractivity contribution in [2.75, 3.05) is 31.2 Å². The monoisotopic (exact) mass is 354 g/mol. The van der Waals surface area contributed by atoms with Gasteiger partial charge in [-0.15, -0.1) is 0 Å². The minimum absolute atomic E-state index is 0.0189. The van der Waals surface area contributed by atoms with Gasteiger partial charge in [0.1, 0.15) is 11.6 Å². The van der Waals surface area contributed by atoms with E-state index in [9.17, 15) is 9.90 Å². The molecule has 1 fully saturated rings. The van der Waals surface area contributed by atoms with Crippen molar-refractivity contribution >= 4 is 11.6 Å². The highest BCUT2D eigenvalue weighted by Gasteiger charge is 2.35. The Morgan fingerprint density at radius 2 is 2.08 bits per heavy atom. The topological polar surface area (TPSA) is 62.7 Å².